The van der Waals surface area contributed by atoms with Gasteiger partial charge in [0.2, 0.25) is 0 Å². The van der Waals surface area contributed by atoms with Crippen LogP contribution in [0.4, 0.5) is 5.69 Å². The van der Waals surface area contributed by atoms with Crippen molar-refractivity contribution in [3.8, 4) is 11.1 Å². The SMILES string of the molecule is Cc1[nH]c(C=C2C(=O)Nc3cc(-c4cccc(Cl)c4C)ccc32)c(C)c1CCC(=O)O. The highest BCUT2D eigenvalue weighted by Gasteiger charge is 2.25. The Morgan fingerprint density at radius 3 is 2.61 bits per heavy atom. The van der Waals surface area contributed by atoms with Gasteiger partial charge < -0.3 is 15.4 Å². The Balaban J connectivity index is 1.71. The number of amides is 1. The Bertz CT molecular complexity index is 1250. The van der Waals surface area contributed by atoms with Gasteiger partial charge in [0.25, 0.3) is 5.91 Å². The number of aromatic amines is 1. The van der Waals surface area contributed by atoms with Gasteiger partial charge in [-0.1, -0.05) is 35.9 Å². The Morgan fingerprint density at radius 2 is 1.87 bits per heavy atom. The van der Waals surface area contributed by atoms with Crippen LogP contribution in [0.3, 0.4) is 0 Å². The quantitative estimate of drug-likeness (QED) is 0.446. The van der Waals surface area contributed by atoms with E-state index in [4.69, 9.17) is 16.7 Å². The van der Waals surface area contributed by atoms with E-state index in [-0.39, 0.29) is 12.3 Å². The molecule has 0 saturated carbocycles. The van der Waals surface area contributed by atoms with Crippen LogP contribution in [-0.2, 0) is 16.0 Å². The highest BCUT2D eigenvalue weighted by atomic mass is 35.5. The van der Waals surface area contributed by atoms with Crippen molar-refractivity contribution in [3.05, 3.63) is 75.1 Å². The molecule has 0 aliphatic carbocycles. The minimum absolute atomic E-state index is 0.0740. The van der Waals surface area contributed by atoms with Crippen LogP contribution in [0.2, 0.25) is 5.02 Å². The molecule has 3 N–H and O–H groups in total. The number of benzene rings is 2. The fraction of sp³-hybridized carbons (Fsp3) is 0.200. The lowest BCUT2D eigenvalue weighted by Crippen LogP contribution is -2.03. The monoisotopic (exact) mass is 434 g/mol. The van der Waals surface area contributed by atoms with E-state index in [1.165, 1.54) is 0 Å². The first kappa shape index (κ1) is 20.9. The lowest BCUT2D eigenvalue weighted by molar-refractivity contribution is -0.137. The average Bonchev–Trinajstić information content (AvgIpc) is 3.17. The van der Waals surface area contributed by atoms with Crippen LogP contribution in [-0.4, -0.2) is 22.0 Å². The van der Waals surface area contributed by atoms with Gasteiger partial charge in [0, 0.05) is 34.1 Å². The number of nitrogens with one attached hydrogen (secondary N) is 2. The maximum Gasteiger partial charge on any atom is 0.303 e. The number of rotatable bonds is 5. The molecule has 0 atom stereocenters. The number of aromatic nitrogens is 1. The Labute approximate surface area is 185 Å². The molecule has 0 bridgehead atoms. The predicted molar refractivity (Wildman–Crippen MR) is 124 cm³/mol. The van der Waals surface area contributed by atoms with Gasteiger partial charge in [-0.05, 0) is 73.2 Å². The van der Waals surface area contributed by atoms with E-state index in [1.54, 1.807) is 0 Å². The summed E-state index contributed by atoms with van der Waals surface area (Å²) in [5, 5.41) is 12.7. The molecular weight excluding hydrogens is 412 g/mol. The van der Waals surface area contributed by atoms with Crippen molar-refractivity contribution in [2.45, 2.75) is 33.6 Å². The highest BCUT2D eigenvalue weighted by Crippen LogP contribution is 2.38. The van der Waals surface area contributed by atoms with E-state index >= 15 is 0 Å². The third kappa shape index (κ3) is 3.89. The molecule has 6 heteroatoms. The molecule has 0 unspecified atom stereocenters. The van der Waals surface area contributed by atoms with Gasteiger partial charge >= 0.3 is 5.97 Å². The second kappa shape index (κ2) is 8.08. The smallest absolute Gasteiger partial charge is 0.303 e. The third-order valence-electron chi connectivity index (χ3n) is 5.89. The minimum atomic E-state index is -0.824. The molecule has 1 aliphatic heterocycles. The molecule has 0 spiro atoms. The number of carboxylic acids is 1. The van der Waals surface area contributed by atoms with Crippen molar-refractivity contribution < 1.29 is 14.7 Å². The zero-order chi connectivity index (χ0) is 22.3. The van der Waals surface area contributed by atoms with E-state index in [2.05, 4.69) is 10.3 Å². The topological polar surface area (TPSA) is 82.2 Å². The van der Waals surface area contributed by atoms with Crippen molar-refractivity contribution >= 4 is 40.8 Å². The number of aliphatic carboxylic acids is 1. The third-order valence-corrected chi connectivity index (χ3v) is 6.30. The molecule has 4 rings (SSSR count). The largest absolute Gasteiger partial charge is 0.481 e. The van der Waals surface area contributed by atoms with Crippen molar-refractivity contribution in [3.63, 3.8) is 0 Å². The second-order valence-electron chi connectivity index (χ2n) is 7.85. The first-order chi connectivity index (χ1) is 14.8. The van der Waals surface area contributed by atoms with Gasteiger partial charge in [-0.25, -0.2) is 0 Å². The van der Waals surface area contributed by atoms with E-state index in [0.717, 1.165) is 50.5 Å². The van der Waals surface area contributed by atoms with Gasteiger partial charge in [0.1, 0.15) is 0 Å². The second-order valence-corrected chi connectivity index (χ2v) is 8.25. The molecule has 1 amide bonds. The summed E-state index contributed by atoms with van der Waals surface area (Å²) in [6, 6.07) is 11.7. The Morgan fingerprint density at radius 1 is 1.10 bits per heavy atom. The van der Waals surface area contributed by atoms with Crippen molar-refractivity contribution in [2.24, 2.45) is 0 Å². The molecule has 0 saturated heterocycles. The fourth-order valence-electron chi connectivity index (χ4n) is 4.14. The van der Waals surface area contributed by atoms with Gasteiger partial charge in [0.15, 0.2) is 0 Å². The summed E-state index contributed by atoms with van der Waals surface area (Å²) in [6.45, 7) is 5.85. The maximum absolute atomic E-state index is 12.7. The predicted octanol–water partition coefficient (Wildman–Crippen LogP) is 5.77. The molecule has 158 valence electrons. The van der Waals surface area contributed by atoms with E-state index < -0.39 is 5.97 Å². The number of carbonyl (C=O) groups is 2. The number of H-pyrrole nitrogens is 1. The van der Waals surface area contributed by atoms with Gasteiger partial charge in [-0.2, -0.15) is 0 Å². The molecule has 0 fully saturated rings. The van der Waals surface area contributed by atoms with Crippen LogP contribution in [0.1, 0.15) is 40.1 Å². The normalized spacial score (nSPS) is 14.1. The lowest BCUT2D eigenvalue weighted by Gasteiger charge is -2.09. The lowest BCUT2D eigenvalue weighted by atomic mass is 9.97. The van der Waals surface area contributed by atoms with Crippen LogP contribution in [0, 0.1) is 20.8 Å². The number of hydrogen-bond donors (Lipinski definition) is 3. The molecule has 0 radical (unpaired) electrons. The van der Waals surface area contributed by atoms with E-state index in [0.29, 0.717) is 17.0 Å². The zero-order valence-electron chi connectivity index (χ0n) is 17.6. The first-order valence-electron chi connectivity index (χ1n) is 10.1. The summed E-state index contributed by atoms with van der Waals surface area (Å²) in [5.74, 6) is -0.983. The summed E-state index contributed by atoms with van der Waals surface area (Å²) in [6.07, 6.45) is 2.38. The highest BCUT2D eigenvalue weighted by molar-refractivity contribution is 6.35. The van der Waals surface area contributed by atoms with Crippen molar-refractivity contribution in [1.82, 2.24) is 4.98 Å². The Hall–Kier alpha value is -3.31. The minimum Gasteiger partial charge on any atom is -0.481 e. The Kier molecular flexibility index (Phi) is 5.46. The van der Waals surface area contributed by atoms with Crippen LogP contribution in [0.5, 0.6) is 0 Å². The van der Waals surface area contributed by atoms with Crippen molar-refractivity contribution in [1.29, 1.82) is 0 Å². The standard InChI is InChI=1S/C25H23ClN2O3/c1-13-18(5-4-6-21(13)26)16-7-8-19-20(25(31)28-23(19)11-16)12-22-14(2)17(15(3)27-22)9-10-24(29)30/h4-8,11-12,27H,9-10H2,1-3H3,(H,28,31)(H,29,30). The summed E-state index contributed by atoms with van der Waals surface area (Å²) in [7, 11) is 0. The number of carboxylic acid groups (broad SMARTS) is 1. The average molecular weight is 435 g/mol. The van der Waals surface area contributed by atoms with Crippen molar-refractivity contribution in [2.75, 3.05) is 5.32 Å². The molecular formula is C25H23ClN2O3. The number of anilines is 1. The maximum atomic E-state index is 12.7. The summed E-state index contributed by atoms with van der Waals surface area (Å²) in [5.41, 5.74) is 8.91. The van der Waals surface area contributed by atoms with Crippen LogP contribution < -0.4 is 5.32 Å². The number of hydrogen-bond acceptors (Lipinski definition) is 2. The molecule has 2 aromatic carbocycles. The van der Waals surface area contributed by atoms with Crippen LogP contribution in [0.15, 0.2) is 36.4 Å². The molecule has 1 aromatic heterocycles. The summed E-state index contributed by atoms with van der Waals surface area (Å²) >= 11 is 6.27. The summed E-state index contributed by atoms with van der Waals surface area (Å²) in [4.78, 5) is 27.0. The molecule has 3 aromatic rings. The molecule has 1 aliphatic rings. The number of carbonyl (C=O) groups excluding carboxylic acids is 1. The molecule has 2 heterocycles. The zero-order valence-corrected chi connectivity index (χ0v) is 18.4. The van der Waals surface area contributed by atoms with Crippen LogP contribution >= 0.6 is 11.6 Å². The fourth-order valence-corrected chi connectivity index (χ4v) is 4.31. The van der Waals surface area contributed by atoms with Crippen LogP contribution in [0.25, 0.3) is 22.8 Å². The molecule has 31 heavy (non-hydrogen) atoms. The summed E-state index contributed by atoms with van der Waals surface area (Å²) < 4.78 is 0. The molecule has 5 nitrogen and oxygen atoms in total. The van der Waals surface area contributed by atoms with Gasteiger partial charge in [-0.15, -0.1) is 0 Å². The van der Waals surface area contributed by atoms with Gasteiger partial charge in [0.05, 0.1) is 5.57 Å². The number of halogens is 1. The van der Waals surface area contributed by atoms with E-state index in [9.17, 15) is 9.59 Å². The number of fused-ring (bicyclic) bond motifs is 1. The first-order valence-corrected chi connectivity index (χ1v) is 10.5. The van der Waals surface area contributed by atoms with E-state index in [1.807, 2.05) is 63.2 Å². The van der Waals surface area contributed by atoms with Gasteiger partial charge in [-0.3, -0.25) is 9.59 Å². The number of aryl methyl sites for hydroxylation is 1.